The molecule has 8 heteroatoms. The first kappa shape index (κ1) is 24.2. The summed E-state index contributed by atoms with van der Waals surface area (Å²) < 4.78 is 1.86. The molecule has 0 aliphatic carbocycles. The number of para-hydroxylation sites is 1. The molecule has 0 saturated heterocycles. The van der Waals surface area contributed by atoms with E-state index in [1.54, 1.807) is 12.4 Å². The molecule has 2 N–H and O–H groups in total. The molecule has 172 valence electrons. The number of fused-ring (bicyclic) bond motifs is 1. The minimum Gasteiger partial charge on any atom is -0.344 e. The lowest BCUT2D eigenvalue weighted by molar-refractivity contribution is 0.101. The number of aliphatic imine (C=N–C) groups is 1. The van der Waals surface area contributed by atoms with E-state index in [9.17, 15) is 4.79 Å². The van der Waals surface area contributed by atoms with Gasteiger partial charge in [-0.1, -0.05) is 44.0 Å². The van der Waals surface area contributed by atoms with E-state index in [2.05, 4.69) is 39.1 Å². The SMILES string of the molecule is CC(=O)c1c(N=C(C)c2ncc[nH]2)ccc2nc(Nc3c(C)cccc3Cl)n(C)c12.CCC. The second kappa shape index (κ2) is 10.4. The first-order chi connectivity index (χ1) is 15.8. The van der Waals surface area contributed by atoms with Crippen molar-refractivity contribution < 1.29 is 4.79 Å². The molecule has 7 nitrogen and oxygen atoms in total. The summed E-state index contributed by atoms with van der Waals surface area (Å²) in [5.74, 6) is 1.16. The van der Waals surface area contributed by atoms with Gasteiger partial charge in [-0.05, 0) is 44.5 Å². The van der Waals surface area contributed by atoms with Gasteiger partial charge in [0, 0.05) is 19.4 Å². The van der Waals surface area contributed by atoms with Crippen molar-refractivity contribution in [2.45, 2.75) is 41.0 Å². The minimum absolute atomic E-state index is 0.0879. The van der Waals surface area contributed by atoms with Gasteiger partial charge in [0.2, 0.25) is 5.95 Å². The monoisotopic (exact) mass is 464 g/mol. The molecule has 0 bridgehead atoms. The predicted octanol–water partition coefficient (Wildman–Crippen LogP) is 6.76. The van der Waals surface area contributed by atoms with E-state index in [4.69, 9.17) is 11.6 Å². The zero-order chi connectivity index (χ0) is 24.1. The van der Waals surface area contributed by atoms with Gasteiger partial charge in [0.15, 0.2) is 11.6 Å². The number of Topliss-reactive ketones (excluding diaryl/α,β-unsaturated/α-hetero) is 1. The summed E-state index contributed by atoms with van der Waals surface area (Å²) in [6, 6.07) is 9.37. The Morgan fingerprint density at radius 1 is 1.21 bits per heavy atom. The first-order valence-electron chi connectivity index (χ1n) is 10.9. The van der Waals surface area contributed by atoms with Crippen LogP contribution in [0.5, 0.6) is 0 Å². The summed E-state index contributed by atoms with van der Waals surface area (Å²) in [7, 11) is 1.86. The molecule has 0 unspecified atom stereocenters. The molecule has 0 aliphatic rings. The van der Waals surface area contributed by atoms with Gasteiger partial charge in [0.25, 0.3) is 0 Å². The molecule has 2 heterocycles. The molecular formula is C25H29ClN6O. The summed E-state index contributed by atoms with van der Waals surface area (Å²) >= 11 is 6.36. The van der Waals surface area contributed by atoms with E-state index >= 15 is 0 Å². The Kier molecular flexibility index (Phi) is 7.66. The molecular weight excluding hydrogens is 436 g/mol. The molecule has 2 aromatic carbocycles. The van der Waals surface area contributed by atoms with Crippen molar-refractivity contribution in [1.82, 2.24) is 19.5 Å². The number of nitrogens with zero attached hydrogens (tertiary/aromatic N) is 4. The van der Waals surface area contributed by atoms with E-state index in [0.717, 1.165) is 11.3 Å². The standard InChI is InChI=1S/C22H21ClN6O.C3H8/c1-12-6-5-7-15(23)19(12)28-22-27-17-9-8-16(18(14(3)30)20(17)29(22)4)26-13(2)21-24-10-11-25-21;1-3-2/h5-11H,1-4H3,(H,24,25)(H,27,28);3H2,1-2H3. The number of carbonyl (C=O) groups is 1. The van der Waals surface area contributed by atoms with E-state index in [1.807, 2.05) is 55.8 Å². The summed E-state index contributed by atoms with van der Waals surface area (Å²) in [5.41, 5.74) is 4.97. The number of rotatable bonds is 5. The van der Waals surface area contributed by atoms with Crippen molar-refractivity contribution in [3.8, 4) is 0 Å². The number of hydrogen-bond donors (Lipinski definition) is 2. The second-order valence-corrected chi connectivity index (χ2v) is 8.18. The van der Waals surface area contributed by atoms with Crippen LogP contribution in [0.4, 0.5) is 17.3 Å². The van der Waals surface area contributed by atoms with Gasteiger partial charge in [0.1, 0.15) is 0 Å². The summed E-state index contributed by atoms with van der Waals surface area (Å²) in [4.78, 5) is 29.2. The maximum atomic E-state index is 12.6. The second-order valence-electron chi connectivity index (χ2n) is 7.78. The molecule has 0 aliphatic heterocycles. The molecule has 33 heavy (non-hydrogen) atoms. The molecule has 0 atom stereocenters. The summed E-state index contributed by atoms with van der Waals surface area (Å²) in [5, 5.41) is 3.91. The fourth-order valence-corrected chi connectivity index (χ4v) is 3.71. The van der Waals surface area contributed by atoms with Crippen LogP contribution in [-0.2, 0) is 7.05 Å². The number of halogens is 1. The van der Waals surface area contributed by atoms with Gasteiger partial charge < -0.3 is 14.9 Å². The van der Waals surface area contributed by atoms with E-state index in [0.29, 0.717) is 44.8 Å². The zero-order valence-corrected chi connectivity index (χ0v) is 20.6. The summed E-state index contributed by atoms with van der Waals surface area (Å²) in [6.07, 6.45) is 4.65. The Hall–Kier alpha value is -3.45. The highest BCUT2D eigenvalue weighted by Gasteiger charge is 2.19. The average Bonchev–Trinajstić information content (AvgIpc) is 3.40. The Morgan fingerprint density at radius 2 is 1.94 bits per heavy atom. The topological polar surface area (TPSA) is 88.0 Å². The molecule has 2 aromatic heterocycles. The Morgan fingerprint density at radius 3 is 2.55 bits per heavy atom. The van der Waals surface area contributed by atoms with Crippen LogP contribution in [0.2, 0.25) is 5.02 Å². The van der Waals surface area contributed by atoms with Gasteiger partial charge >= 0.3 is 0 Å². The van der Waals surface area contributed by atoms with Gasteiger partial charge in [-0.25, -0.2) is 15.0 Å². The number of ketones is 1. The number of carbonyl (C=O) groups excluding carboxylic acids is 1. The maximum Gasteiger partial charge on any atom is 0.208 e. The normalized spacial score (nSPS) is 11.3. The van der Waals surface area contributed by atoms with Crippen LogP contribution in [0.25, 0.3) is 11.0 Å². The fraction of sp³-hybridized carbons (Fsp3) is 0.280. The van der Waals surface area contributed by atoms with E-state index in [-0.39, 0.29) is 5.78 Å². The van der Waals surface area contributed by atoms with Crippen LogP contribution in [-0.4, -0.2) is 31.0 Å². The zero-order valence-electron chi connectivity index (χ0n) is 19.8. The first-order valence-corrected chi connectivity index (χ1v) is 11.2. The number of hydrogen-bond acceptors (Lipinski definition) is 5. The quantitative estimate of drug-likeness (QED) is 0.252. The Labute approximate surface area is 198 Å². The lowest BCUT2D eigenvalue weighted by Crippen LogP contribution is -2.04. The van der Waals surface area contributed by atoms with Crippen molar-refractivity contribution in [3.05, 3.63) is 64.7 Å². The molecule has 0 saturated carbocycles. The number of nitrogens with one attached hydrogen (secondary N) is 2. The van der Waals surface area contributed by atoms with Crippen LogP contribution in [0.15, 0.2) is 47.7 Å². The van der Waals surface area contributed by atoms with Gasteiger partial charge in [-0.2, -0.15) is 0 Å². The third-order valence-electron chi connectivity index (χ3n) is 4.95. The third-order valence-corrected chi connectivity index (χ3v) is 5.27. The molecule has 4 rings (SSSR count). The highest BCUT2D eigenvalue weighted by Crippen LogP contribution is 2.33. The largest absolute Gasteiger partial charge is 0.344 e. The van der Waals surface area contributed by atoms with Gasteiger partial charge in [0.05, 0.1) is 38.7 Å². The molecule has 0 spiro atoms. The lowest BCUT2D eigenvalue weighted by atomic mass is 10.1. The predicted molar refractivity (Wildman–Crippen MR) is 137 cm³/mol. The third kappa shape index (κ3) is 5.14. The van der Waals surface area contributed by atoms with Gasteiger partial charge in [-0.3, -0.25) is 4.79 Å². The minimum atomic E-state index is -0.0879. The van der Waals surface area contributed by atoms with Crippen LogP contribution in [0.1, 0.15) is 55.9 Å². The number of anilines is 2. The van der Waals surface area contributed by atoms with Crippen LogP contribution in [0.3, 0.4) is 0 Å². The number of benzene rings is 2. The Bertz CT molecular complexity index is 1280. The number of H-pyrrole nitrogens is 1. The van der Waals surface area contributed by atoms with Crippen molar-refractivity contribution in [3.63, 3.8) is 0 Å². The van der Waals surface area contributed by atoms with Crippen molar-refractivity contribution >= 4 is 51.5 Å². The van der Waals surface area contributed by atoms with E-state index in [1.165, 1.54) is 13.3 Å². The maximum absolute atomic E-state index is 12.6. The van der Waals surface area contributed by atoms with Crippen LogP contribution < -0.4 is 5.32 Å². The Balaban J connectivity index is 0.000000968. The lowest BCUT2D eigenvalue weighted by Gasteiger charge is -2.11. The smallest absolute Gasteiger partial charge is 0.208 e. The summed E-state index contributed by atoms with van der Waals surface area (Å²) in [6.45, 7) is 9.61. The van der Waals surface area contributed by atoms with Crippen molar-refractivity contribution in [2.75, 3.05) is 5.32 Å². The molecule has 0 amide bonds. The highest BCUT2D eigenvalue weighted by molar-refractivity contribution is 6.33. The number of aryl methyl sites for hydroxylation is 2. The molecule has 4 aromatic rings. The number of aromatic nitrogens is 4. The number of imidazole rings is 2. The van der Waals surface area contributed by atoms with Gasteiger partial charge in [-0.15, -0.1) is 0 Å². The fourth-order valence-electron chi connectivity index (χ4n) is 3.45. The van der Waals surface area contributed by atoms with Crippen molar-refractivity contribution in [2.24, 2.45) is 12.0 Å². The number of aromatic amines is 1. The highest BCUT2D eigenvalue weighted by atomic mass is 35.5. The van der Waals surface area contributed by atoms with Crippen LogP contribution >= 0.6 is 11.6 Å². The average molecular weight is 465 g/mol. The molecule has 0 radical (unpaired) electrons. The molecule has 0 fully saturated rings. The van der Waals surface area contributed by atoms with Crippen molar-refractivity contribution in [1.29, 1.82) is 0 Å². The van der Waals surface area contributed by atoms with Crippen LogP contribution in [0, 0.1) is 6.92 Å². The van der Waals surface area contributed by atoms with E-state index < -0.39 is 0 Å².